The van der Waals surface area contributed by atoms with Crippen molar-refractivity contribution >= 4 is 0 Å². The van der Waals surface area contributed by atoms with Gasteiger partial charge in [-0.3, -0.25) is 0 Å². The molecule has 0 aliphatic heterocycles. The van der Waals surface area contributed by atoms with E-state index in [-0.39, 0.29) is 11.7 Å². The van der Waals surface area contributed by atoms with Crippen molar-refractivity contribution in [2.45, 2.75) is 18.7 Å². The average molecular weight is 260 g/mol. The third-order valence-corrected chi connectivity index (χ3v) is 2.02. The van der Waals surface area contributed by atoms with Gasteiger partial charge in [0.1, 0.15) is 12.0 Å². The van der Waals surface area contributed by atoms with E-state index in [1.807, 2.05) is 0 Å². The molecule has 2 aromatic heterocycles. The van der Waals surface area contributed by atoms with Crippen molar-refractivity contribution in [2.24, 2.45) is 0 Å². The van der Waals surface area contributed by atoms with Crippen molar-refractivity contribution in [3.8, 4) is 11.5 Å². The highest BCUT2D eigenvalue weighted by molar-refractivity contribution is 5.46. The molecule has 0 saturated heterocycles. The Bertz CT molecular complexity index is 514. The SMILES string of the molecule is OC(Cc1nc(-c2ccncn2)no1)C(F)(F)F. The first-order valence-corrected chi connectivity index (χ1v) is 4.80. The molecule has 6 nitrogen and oxygen atoms in total. The maximum atomic E-state index is 12.1. The minimum absolute atomic E-state index is 0.0433. The Hall–Kier alpha value is -2.03. The first-order valence-electron chi connectivity index (χ1n) is 4.80. The quantitative estimate of drug-likeness (QED) is 0.885. The molecular weight excluding hydrogens is 253 g/mol. The fourth-order valence-corrected chi connectivity index (χ4v) is 1.15. The molecule has 0 aliphatic rings. The molecule has 2 aromatic rings. The van der Waals surface area contributed by atoms with Gasteiger partial charge in [-0.1, -0.05) is 5.16 Å². The van der Waals surface area contributed by atoms with Crippen LogP contribution < -0.4 is 0 Å². The maximum absolute atomic E-state index is 12.1. The van der Waals surface area contributed by atoms with Crippen LogP contribution in [-0.2, 0) is 6.42 Å². The number of aliphatic hydroxyl groups is 1. The van der Waals surface area contributed by atoms with Crippen LogP contribution in [0.4, 0.5) is 13.2 Å². The van der Waals surface area contributed by atoms with Gasteiger partial charge in [-0.25, -0.2) is 9.97 Å². The second-order valence-electron chi connectivity index (χ2n) is 3.37. The van der Waals surface area contributed by atoms with Crippen LogP contribution >= 0.6 is 0 Å². The van der Waals surface area contributed by atoms with Crippen LogP contribution in [0.2, 0.25) is 0 Å². The maximum Gasteiger partial charge on any atom is 0.414 e. The molecule has 0 aliphatic carbocycles. The number of halogens is 3. The molecule has 2 rings (SSSR count). The summed E-state index contributed by atoms with van der Waals surface area (Å²) in [5, 5.41) is 12.3. The summed E-state index contributed by atoms with van der Waals surface area (Å²) < 4.78 is 40.9. The molecule has 9 heteroatoms. The molecule has 0 radical (unpaired) electrons. The highest BCUT2D eigenvalue weighted by Crippen LogP contribution is 2.23. The number of alkyl halides is 3. The lowest BCUT2D eigenvalue weighted by molar-refractivity contribution is -0.204. The van der Waals surface area contributed by atoms with Gasteiger partial charge in [0.25, 0.3) is 0 Å². The smallest absolute Gasteiger partial charge is 0.383 e. The van der Waals surface area contributed by atoms with Crippen LogP contribution in [-0.4, -0.2) is 37.5 Å². The summed E-state index contributed by atoms with van der Waals surface area (Å²) in [5.41, 5.74) is 0.321. The van der Waals surface area contributed by atoms with Gasteiger partial charge in [0.05, 0.1) is 6.42 Å². The molecule has 2 heterocycles. The summed E-state index contributed by atoms with van der Waals surface area (Å²) in [5.74, 6) is -0.268. The van der Waals surface area contributed by atoms with E-state index >= 15 is 0 Å². The molecule has 0 amide bonds. The summed E-state index contributed by atoms with van der Waals surface area (Å²) >= 11 is 0. The molecule has 0 bridgehead atoms. The fourth-order valence-electron chi connectivity index (χ4n) is 1.15. The zero-order valence-electron chi connectivity index (χ0n) is 8.79. The molecule has 1 N–H and O–H groups in total. The molecule has 18 heavy (non-hydrogen) atoms. The number of rotatable bonds is 3. The molecule has 1 atom stereocenters. The van der Waals surface area contributed by atoms with E-state index in [1.165, 1.54) is 18.6 Å². The lowest BCUT2D eigenvalue weighted by Gasteiger charge is -2.11. The topological polar surface area (TPSA) is 84.9 Å². The Kier molecular flexibility index (Phi) is 3.24. The Morgan fingerprint density at radius 1 is 1.39 bits per heavy atom. The van der Waals surface area contributed by atoms with E-state index < -0.39 is 18.7 Å². The summed E-state index contributed by atoms with van der Waals surface area (Å²) in [7, 11) is 0. The number of hydrogen-bond acceptors (Lipinski definition) is 6. The minimum Gasteiger partial charge on any atom is -0.383 e. The van der Waals surface area contributed by atoms with Crippen molar-refractivity contribution in [1.82, 2.24) is 20.1 Å². The Labute approximate surface area is 98.5 Å². The Balaban J connectivity index is 2.12. The van der Waals surface area contributed by atoms with Crippen LogP contribution in [0, 0.1) is 0 Å². The second kappa shape index (κ2) is 4.69. The summed E-state index contributed by atoms with van der Waals surface area (Å²) in [4.78, 5) is 11.2. The van der Waals surface area contributed by atoms with Gasteiger partial charge >= 0.3 is 6.18 Å². The highest BCUT2D eigenvalue weighted by atomic mass is 19.4. The predicted molar refractivity (Wildman–Crippen MR) is 51.1 cm³/mol. The molecule has 0 fully saturated rings. The van der Waals surface area contributed by atoms with Crippen molar-refractivity contribution in [1.29, 1.82) is 0 Å². The largest absolute Gasteiger partial charge is 0.414 e. The second-order valence-corrected chi connectivity index (χ2v) is 3.37. The van der Waals surface area contributed by atoms with Crippen LogP contribution in [0.25, 0.3) is 11.5 Å². The van der Waals surface area contributed by atoms with Gasteiger partial charge < -0.3 is 9.63 Å². The average Bonchev–Trinajstić information content (AvgIpc) is 2.77. The monoisotopic (exact) mass is 260 g/mol. The van der Waals surface area contributed by atoms with Gasteiger partial charge in [-0.15, -0.1) is 0 Å². The lowest BCUT2D eigenvalue weighted by atomic mass is 10.2. The van der Waals surface area contributed by atoms with E-state index in [4.69, 9.17) is 5.11 Å². The molecule has 0 aromatic carbocycles. The van der Waals surface area contributed by atoms with E-state index in [2.05, 4.69) is 24.6 Å². The fraction of sp³-hybridized carbons (Fsp3) is 0.333. The van der Waals surface area contributed by atoms with E-state index in [1.54, 1.807) is 0 Å². The summed E-state index contributed by atoms with van der Waals surface area (Å²) in [6.45, 7) is 0. The van der Waals surface area contributed by atoms with Crippen molar-refractivity contribution < 1.29 is 22.8 Å². The molecule has 0 spiro atoms. The third kappa shape index (κ3) is 2.80. The minimum atomic E-state index is -4.72. The summed E-state index contributed by atoms with van der Waals surface area (Å²) in [6, 6.07) is 1.48. The zero-order chi connectivity index (χ0) is 13.2. The van der Waals surface area contributed by atoms with Crippen molar-refractivity contribution in [3.63, 3.8) is 0 Å². The standard InChI is InChI=1S/C9H7F3N4O2/c10-9(11,12)6(17)3-7-15-8(16-18-7)5-1-2-13-4-14-5/h1-2,4,6,17H,3H2. The van der Waals surface area contributed by atoms with Gasteiger partial charge in [0.15, 0.2) is 6.10 Å². The van der Waals surface area contributed by atoms with Crippen LogP contribution in [0.5, 0.6) is 0 Å². The highest BCUT2D eigenvalue weighted by Gasteiger charge is 2.39. The van der Waals surface area contributed by atoms with Gasteiger partial charge in [-0.05, 0) is 6.07 Å². The van der Waals surface area contributed by atoms with E-state index in [0.29, 0.717) is 5.69 Å². The first kappa shape index (κ1) is 12.4. The van der Waals surface area contributed by atoms with Gasteiger partial charge in [0.2, 0.25) is 11.7 Å². The predicted octanol–water partition coefficient (Wildman–Crippen LogP) is 0.992. The summed E-state index contributed by atoms with van der Waals surface area (Å²) in [6.07, 6.45) is -5.36. The number of aliphatic hydroxyl groups excluding tert-OH is 1. The third-order valence-electron chi connectivity index (χ3n) is 2.02. The normalized spacial score (nSPS) is 13.6. The molecule has 1 unspecified atom stereocenters. The lowest BCUT2D eigenvalue weighted by Crippen LogP contribution is -2.30. The number of aromatic nitrogens is 4. The van der Waals surface area contributed by atoms with Crippen molar-refractivity contribution in [3.05, 3.63) is 24.5 Å². The van der Waals surface area contributed by atoms with Crippen molar-refractivity contribution in [2.75, 3.05) is 0 Å². The Morgan fingerprint density at radius 2 is 2.17 bits per heavy atom. The number of nitrogens with zero attached hydrogens (tertiary/aromatic N) is 4. The molecule has 0 saturated carbocycles. The van der Waals surface area contributed by atoms with Crippen LogP contribution in [0.3, 0.4) is 0 Å². The van der Waals surface area contributed by atoms with Gasteiger partial charge in [0, 0.05) is 6.20 Å². The van der Waals surface area contributed by atoms with Crippen LogP contribution in [0.1, 0.15) is 5.89 Å². The van der Waals surface area contributed by atoms with Crippen LogP contribution in [0.15, 0.2) is 23.1 Å². The molecule has 96 valence electrons. The number of hydrogen-bond donors (Lipinski definition) is 1. The van der Waals surface area contributed by atoms with E-state index in [9.17, 15) is 13.2 Å². The zero-order valence-corrected chi connectivity index (χ0v) is 8.79. The van der Waals surface area contributed by atoms with Gasteiger partial charge in [-0.2, -0.15) is 18.2 Å². The van der Waals surface area contributed by atoms with E-state index in [0.717, 1.165) is 0 Å². The first-order chi connectivity index (χ1) is 8.47. The molecular formula is C9H7F3N4O2. The Morgan fingerprint density at radius 3 is 2.78 bits per heavy atom.